The van der Waals surface area contributed by atoms with Crippen LogP contribution in [-0.2, 0) is 9.53 Å². The molecule has 2 aromatic carbocycles. The summed E-state index contributed by atoms with van der Waals surface area (Å²) in [6.07, 6.45) is 3.13. The second-order valence-electron chi connectivity index (χ2n) is 6.57. The Kier molecular flexibility index (Phi) is 7.59. The second kappa shape index (κ2) is 10.8. The first-order valence-corrected chi connectivity index (χ1v) is 10.4. The van der Waals surface area contributed by atoms with Gasteiger partial charge < -0.3 is 15.4 Å². The number of carbonyl (C=O) groups is 1. The number of carbonyl (C=O) groups excluding carboxylic acids is 1. The number of nitrogens with zero attached hydrogens (tertiary/aromatic N) is 2. The van der Waals surface area contributed by atoms with Crippen LogP contribution in [0.1, 0.15) is 13.8 Å². The van der Waals surface area contributed by atoms with E-state index in [0.29, 0.717) is 22.4 Å². The summed E-state index contributed by atoms with van der Waals surface area (Å²) in [5.74, 6) is 0.177. The van der Waals surface area contributed by atoms with Gasteiger partial charge >= 0.3 is 5.97 Å². The highest BCUT2D eigenvalue weighted by Crippen LogP contribution is 2.29. The lowest BCUT2D eigenvalue weighted by molar-refractivity contribution is -0.138. The lowest BCUT2D eigenvalue weighted by Crippen LogP contribution is -2.18. The molecular weight excluding hydrogens is 404 g/mol. The van der Waals surface area contributed by atoms with Crippen LogP contribution in [0.2, 0.25) is 0 Å². The van der Waals surface area contributed by atoms with Crippen molar-refractivity contribution >= 4 is 34.1 Å². The summed E-state index contributed by atoms with van der Waals surface area (Å²) in [5.41, 5.74) is 2.69. The third-order valence-electron chi connectivity index (χ3n) is 4.63. The van der Waals surface area contributed by atoms with E-state index in [9.17, 15) is 9.59 Å². The molecule has 164 valence electrons. The van der Waals surface area contributed by atoms with Crippen molar-refractivity contribution < 1.29 is 9.53 Å². The number of anilines is 3. The SMILES string of the molecule is CC.COC(=O)CNc1cncc2c(=O)cc(Nc3ccccc3)n(-c3ccccc3)c12. The Hall–Kier alpha value is -4.13. The monoisotopic (exact) mass is 430 g/mol. The number of nitrogens with one attached hydrogen (secondary N) is 2. The minimum atomic E-state index is -0.417. The minimum absolute atomic E-state index is 0.0450. The molecule has 0 radical (unpaired) electrons. The Morgan fingerprint density at radius 1 is 1.00 bits per heavy atom. The Bertz CT molecular complexity index is 1240. The van der Waals surface area contributed by atoms with E-state index < -0.39 is 5.97 Å². The number of hydrogen-bond acceptors (Lipinski definition) is 6. The Morgan fingerprint density at radius 2 is 1.66 bits per heavy atom. The van der Waals surface area contributed by atoms with Crippen LogP contribution >= 0.6 is 0 Å². The topological polar surface area (TPSA) is 85.2 Å². The Balaban J connectivity index is 0.00000141. The Labute approximate surface area is 186 Å². The number of para-hydroxylation sites is 2. The zero-order valence-corrected chi connectivity index (χ0v) is 18.3. The van der Waals surface area contributed by atoms with Crippen molar-refractivity contribution in [2.45, 2.75) is 13.8 Å². The van der Waals surface area contributed by atoms with E-state index in [0.717, 1.165) is 11.4 Å². The highest BCUT2D eigenvalue weighted by atomic mass is 16.5. The highest BCUT2D eigenvalue weighted by Gasteiger charge is 2.16. The fourth-order valence-electron chi connectivity index (χ4n) is 3.24. The molecule has 2 aromatic heterocycles. The van der Waals surface area contributed by atoms with Crippen LogP contribution in [-0.4, -0.2) is 29.2 Å². The van der Waals surface area contributed by atoms with Gasteiger partial charge in [-0.1, -0.05) is 50.2 Å². The average Bonchev–Trinajstić information content (AvgIpc) is 2.85. The molecule has 0 unspecified atom stereocenters. The van der Waals surface area contributed by atoms with Crippen molar-refractivity contribution in [2.75, 3.05) is 24.3 Å². The number of benzene rings is 2. The molecule has 32 heavy (non-hydrogen) atoms. The van der Waals surface area contributed by atoms with E-state index in [1.807, 2.05) is 79.1 Å². The van der Waals surface area contributed by atoms with E-state index in [1.165, 1.54) is 13.3 Å². The van der Waals surface area contributed by atoms with Gasteiger partial charge in [-0.15, -0.1) is 0 Å². The summed E-state index contributed by atoms with van der Waals surface area (Å²) >= 11 is 0. The zero-order chi connectivity index (χ0) is 22.9. The third-order valence-corrected chi connectivity index (χ3v) is 4.63. The van der Waals surface area contributed by atoms with Crippen LogP contribution in [0.15, 0.2) is 83.9 Å². The first-order valence-electron chi connectivity index (χ1n) is 10.4. The van der Waals surface area contributed by atoms with Crippen LogP contribution in [0.3, 0.4) is 0 Å². The molecule has 4 aromatic rings. The molecule has 7 heteroatoms. The summed E-state index contributed by atoms with van der Waals surface area (Å²) in [5, 5.41) is 6.81. The Morgan fingerprint density at radius 3 is 2.31 bits per heavy atom. The maximum Gasteiger partial charge on any atom is 0.325 e. The van der Waals surface area contributed by atoms with Crippen LogP contribution < -0.4 is 16.1 Å². The van der Waals surface area contributed by atoms with Gasteiger partial charge in [0.25, 0.3) is 0 Å². The number of esters is 1. The van der Waals surface area contributed by atoms with Crippen LogP contribution in [0.5, 0.6) is 0 Å². The minimum Gasteiger partial charge on any atom is -0.468 e. The normalized spacial score (nSPS) is 10.1. The zero-order valence-electron chi connectivity index (χ0n) is 18.3. The molecule has 0 fully saturated rings. The molecule has 0 spiro atoms. The van der Waals surface area contributed by atoms with Gasteiger partial charge in [0, 0.05) is 23.6 Å². The highest BCUT2D eigenvalue weighted by molar-refractivity contribution is 5.94. The first-order chi connectivity index (χ1) is 15.7. The van der Waals surface area contributed by atoms with Gasteiger partial charge in [0.15, 0.2) is 5.43 Å². The molecule has 0 aliphatic carbocycles. The number of fused-ring (bicyclic) bond motifs is 1. The standard InChI is InChI=1S/C23H20N4O3.C2H6/c1-30-22(29)15-25-19-14-24-13-18-20(28)12-21(26-16-8-4-2-5-9-16)27(23(18)19)17-10-6-3-7-11-17;1-2/h2-14,25-26H,15H2,1H3;1-2H3. The maximum atomic E-state index is 12.9. The largest absolute Gasteiger partial charge is 0.468 e. The van der Waals surface area contributed by atoms with Crippen LogP contribution in [0, 0.1) is 0 Å². The molecular formula is C25H26N4O3. The summed E-state index contributed by atoms with van der Waals surface area (Å²) in [7, 11) is 1.33. The number of methoxy groups -OCH3 is 1. The molecule has 0 aliphatic heterocycles. The summed E-state index contributed by atoms with van der Waals surface area (Å²) < 4.78 is 6.66. The van der Waals surface area contributed by atoms with Crippen LogP contribution in [0.25, 0.3) is 16.6 Å². The number of aromatic nitrogens is 2. The van der Waals surface area contributed by atoms with Crippen molar-refractivity contribution in [2.24, 2.45) is 0 Å². The predicted molar refractivity (Wildman–Crippen MR) is 129 cm³/mol. The van der Waals surface area contributed by atoms with Gasteiger partial charge in [-0.05, 0) is 24.3 Å². The maximum absolute atomic E-state index is 12.9. The average molecular weight is 431 g/mol. The van der Waals surface area contributed by atoms with E-state index in [-0.39, 0.29) is 12.0 Å². The van der Waals surface area contributed by atoms with Crippen LogP contribution in [0.4, 0.5) is 17.2 Å². The number of hydrogen-bond donors (Lipinski definition) is 2. The number of pyridine rings is 2. The smallest absolute Gasteiger partial charge is 0.325 e. The van der Waals surface area contributed by atoms with Crippen molar-refractivity contribution in [3.8, 4) is 5.69 Å². The van der Waals surface area contributed by atoms with Gasteiger partial charge in [0.1, 0.15) is 12.4 Å². The van der Waals surface area contributed by atoms with E-state index in [2.05, 4.69) is 15.6 Å². The second-order valence-corrected chi connectivity index (χ2v) is 6.57. The fraction of sp³-hybridized carbons (Fsp3) is 0.160. The number of rotatable bonds is 6. The van der Waals surface area contributed by atoms with Crippen molar-refractivity contribution in [1.29, 1.82) is 0 Å². The lowest BCUT2D eigenvalue weighted by Gasteiger charge is -2.20. The van der Waals surface area contributed by atoms with Crippen molar-refractivity contribution in [1.82, 2.24) is 9.55 Å². The fourth-order valence-corrected chi connectivity index (χ4v) is 3.24. The number of ether oxygens (including phenoxy) is 1. The van der Waals surface area contributed by atoms with Crippen molar-refractivity contribution in [3.05, 3.63) is 89.3 Å². The molecule has 0 atom stereocenters. The molecule has 0 amide bonds. The summed E-state index contributed by atoms with van der Waals surface area (Å²) in [6.45, 7) is 3.95. The molecule has 0 saturated carbocycles. The molecule has 7 nitrogen and oxygen atoms in total. The quantitative estimate of drug-likeness (QED) is 0.430. The third kappa shape index (κ3) is 4.95. The van der Waals surface area contributed by atoms with Gasteiger partial charge in [-0.25, -0.2) is 0 Å². The van der Waals surface area contributed by atoms with E-state index in [1.54, 1.807) is 12.3 Å². The molecule has 2 heterocycles. The summed E-state index contributed by atoms with van der Waals surface area (Å²) in [4.78, 5) is 28.7. The van der Waals surface area contributed by atoms with Gasteiger partial charge in [0.05, 0.1) is 29.9 Å². The first kappa shape index (κ1) is 22.6. The molecule has 4 rings (SSSR count). The molecule has 0 bridgehead atoms. The van der Waals surface area contributed by atoms with Gasteiger partial charge in [-0.3, -0.25) is 19.1 Å². The predicted octanol–water partition coefficient (Wildman–Crippen LogP) is 4.74. The lowest BCUT2D eigenvalue weighted by atomic mass is 10.2. The molecule has 0 saturated heterocycles. The van der Waals surface area contributed by atoms with Crippen molar-refractivity contribution in [3.63, 3.8) is 0 Å². The molecule has 2 N–H and O–H groups in total. The van der Waals surface area contributed by atoms with E-state index >= 15 is 0 Å². The van der Waals surface area contributed by atoms with E-state index in [4.69, 9.17) is 4.74 Å². The summed E-state index contributed by atoms with van der Waals surface area (Å²) in [6, 6.07) is 20.8. The molecule has 0 aliphatic rings. The van der Waals surface area contributed by atoms with Gasteiger partial charge in [-0.2, -0.15) is 0 Å². The van der Waals surface area contributed by atoms with Gasteiger partial charge in [0.2, 0.25) is 0 Å².